The molecule has 86 valence electrons. The second-order valence-corrected chi connectivity index (χ2v) is 7.66. The van der Waals surface area contributed by atoms with Gasteiger partial charge < -0.3 is 8.95 Å². The monoisotopic (exact) mass is 227 g/mol. The first-order chi connectivity index (χ1) is 6.80. The standard InChI is InChI=1S/C11H21NO2Si/c1-8-7-9(12-13-8)10(11(2,3)4)14-15(5)6/h7,10,15H,1-6H3. The highest BCUT2D eigenvalue weighted by Crippen LogP contribution is 2.36. The van der Waals surface area contributed by atoms with E-state index in [9.17, 15) is 0 Å². The van der Waals surface area contributed by atoms with E-state index in [0.717, 1.165) is 11.5 Å². The van der Waals surface area contributed by atoms with Gasteiger partial charge in [0.15, 0.2) is 9.04 Å². The fourth-order valence-corrected chi connectivity index (χ4v) is 2.59. The van der Waals surface area contributed by atoms with Gasteiger partial charge in [0.1, 0.15) is 11.5 Å². The first-order valence-corrected chi connectivity index (χ1v) is 8.17. The van der Waals surface area contributed by atoms with Gasteiger partial charge in [-0.15, -0.1) is 0 Å². The van der Waals surface area contributed by atoms with Crippen LogP contribution in [0.1, 0.15) is 38.3 Å². The summed E-state index contributed by atoms with van der Waals surface area (Å²) in [6.07, 6.45) is 0.0432. The number of nitrogens with zero attached hydrogens (tertiary/aromatic N) is 1. The Morgan fingerprint density at radius 1 is 1.40 bits per heavy atom. The molecule has 0 spiro atoms. The average Bonchev–Trinajstić information content (AvgIpc) is 2.45. The molecule has 1 unspecified atom stereocenters. The summed E-state index contributed by atoms with van der Waals surface area (Å²) in [7, 11) is -1.07. The third-order valence-corrected chi connectivity index (χ3v) is 2.93. The molecule has 1 aromatic heterocycles. The molecule has 1 aromatic rings. The van der Waals surface area contributed by atoms with Crippen LogP contribution in [0.5, 0.6) is 0 Å². The Labute approximate surface area is 93.5 Å². The van der Waals surface area contributed by atoms with Gasteiger partial charge >= 0.3 is 0 Å². The van der Waals surface area contributed by atoms with Crippen molar-refractivity contribution in [2.45, 2.75) is 46.9 Å². The highest BCUT2D eigenvalue weighted by atomic mass is 28.3. The molecule has 0 saturated heterocycles. The number of hydrogen-bond acceptors (Lipinski definition) is 3. The molecule has 0 aromatic carbocycles. The number of hydrogen-bond donors (Lipinski definition) is 0. The SMILES string of the molecule is Cc1cc(C(O[SiH](C)C)C(C)(C)C)no1. The Morgan fingerprint density at radius 3 is 2.33 bits per heavy atom. The van der Waals surface area contributed by atoms with Crippen molar-refractivity contribution in [3.05, 3.63) is 17.5 Å². The molecular weight excluding hydrogens is 206 g/mol. The molecule has 15 heavy (non-hydrogen) atoms. The molecule has 0 bridgehead atoms. The summed E-state index contributed by atoms with van der Waals surface area (Å²) in [5.74, 6) is 0.841. The van der Waals surface area contributed by atoms with E-state index in [0.29, 0.717) is 0 Å². The second-order valence-electron chi connectivity index (χ2n) is 5.29. The minimum Gasteiger partial charge on any atom is -0.411 e. The van der Waals surface area contributed by atoms with E-state index < -0.39 is 9.04 Å². The topological polar surface area (TPSA) is 35.3 Å². The molecule has 0 aliphatic carbocycles. The third-order valence-electron chi connectivity index (χ3n) is 2.11. The van der Waals surface area contributed by atoms with Crippen molar-refractivity contribution in [1.29, 1.82) is 0 Å². The van der Waals surface area contributed by atoms with Crippen LogP contribution < -0.4 is 0 Å². The van der Waals surface area contributed by atoms with Gasteiger partial charge in [-0.1, -0.05) is 25.9 Å². The van der Waals surface area contributed by atoms with Crippen molar-refractivity contribution in [2.24, 2.45) is 5.41 Å². The smallest absolute Gasteiger partial charge is 0.171 e. The molecule has 0 amide bonds. The van der Waals surface area contributed by atoms with E-state index in [2.05, 4.69) is 39.0 Å². The summed E-state index contributed by atoms with van der Waals surface area (Å²) in [5.41, 5.74) is 0.974. The quantitative estimate of drug-likeness (QED) is 0.744. The first-order valence-electron chi connectivity index (χ1n) is 5.39. The second kappa shape index (κ2) is 4.49. The predicted molar refractivity (Wildman–Crippen MR) is 63.4 cm³/mol. The van der Waals surface area contributed by atoms with E-state index in [1.807, 2.05) is 13.0 Å². The summed E-state index contributed by atoms with van der Waals surface area (Å²) in [6.45, 7) is 12.7. The van der Waals surface area contributed by atoms with Crippen LogP contribution in [0, 0.1) is 12.3 Å². The summed E-state index contributed by atoms with van der Waals surface area (Å²) in [5, 5.41) is 4.06. The lowest BCUT2D eigenvalue weighted by atomic mass is 9.87. The lowest BCUT2D eigenvalue weighted by Gasteiger charge is -2.30. The zero-order chi connectivity index (χ0) is 11.6. The molecule has 0 aliphatic heterocycles. The molecule has 0 fully saturated rings. The van der Waals surface area contributed by atoms with Crippen LogP contribution in [-0.2, 0) is 4.43 Å². The Hall–Kier alpha value is -0.613. The predicted octanol–water partition coefficient (Wildman–Crippen LogP) is 3.07. The van der Waals surface area contributed by atoms with Crippen LogP contribution in [0.3, 0.4) is 0 Å². The first kappa shape index (κ1) is 12.5. The summed E-state index contributed by atoms with van der Waals surface area (Å²) in [4.78, 5) is 0. The Bertz CT molecular complexity index is 315. The molecule has 0 radical (unpaired) electrons. The molecule has 0 N–H and O–H groups in total. The van der Waals surface area contributed by atoms with Gasteiger partial charge in [-0.25, -0.2) is 0 Å². The van der Waals surface area contributed by atoms with Crippen molar-refractivity contribution in [3.8, 4) is 0 Å². The highest BCUT2D eigenvalue weighted by Gasteiger charge is 2.30. The zero-order valence-electron chi connectivity index (χ0n) is 10.5. The fourth-order valence-electron chi connectivity index (χ4n) is 1.50. The number of aryl methyl sites for hydroxylation is 1. The number of aromatic nitrogens is 1. The van der Waals surface area contributed by atoms with Crippen molar-refractivity contribution >= 4 is 9.04 Å². The van der Waals surface area contributed by atoms with E-state index in [4.69, 9.17) is 8.95 Å². The lowest BCUT2D eigenvalue weighted by molar-refractivity contribution is 0.0794. The molecule has 1 atom stereocenters. The van der Waals surface area contributed by atoms with Crippen LogP contribution in [0.15, 0.2) is 10.6 Å². The van der Waals surface area contributed by atoms with E-state index in [-0.39, 0.29) is 11.5 Å². The molecule has 3 nitrogen and oxygen atoms in total. The van der Waals surface area contributed by atoms with Crippen LogP contribution >= 0.6 is 0 Å². The zero-order valence-corrected chi connectivity index (χ0v) is 11.7. The molecule has 1 heterocycles. The fraction of sp³-hybridized carbons (Fsp3) is 0.727. The van der Waals surface area contributed by atoms with Crippen LogP contribution in [0.2, 0.25) is 13.1 Å². The average molecular weight is 227 g/mol. The molecule has 0 aliphatic rings. The molecular formula is C11H21NO2Si. The van der Waals surface area contributed by atoms with Gasteiger partial charge in [0.05, 0.1) is 6.10 Å². The largest absolute Gasteiger partial charge is 0.411 e. The van der Waals surface area contributed by atoms with Gasteiger partial charge in [0, 0.05) is 6.07 Å². The van der Waals surface area contributed by atoms with E-state index in [1.54, 1.807) is 0 Å². The van der Waals surface area contributed by atoms with Gasteiger partial charge in [-0.2, -0.15) is 0 Å². The van der Waals surface area contributed by atoms with Crippen molar-refractivity contribution in [2.75, 3.05) is 0 Å². The summed E-state index contributed by atoms with van der Waals surface area (Å²) in [6, 6.07) is 1.96. The lowest BCUT2D eigenvalue weighted by Crippen LogP contribution is -2.26. The van der Waals surface area contributed by atoms with Crippen LogP contribution in [0.25, 0.3) is 0 Å². The van der Waals surface area contributed by atoms with Gasteiger partial charge in [0.2, 0.25) is 0 Å². The Morgan fingerprint density at radius 2 is 2.00 bits per heavy atom. The van der Waals surface area contributed by atoms with Gasteiger partial charge in [0.25, 0.3) is 0 Å². The van der Waals surface area contributed by atoms with Gasteiger partial charge in [-0.3, -0.25) is 0 Å². The maximum absolute atomic E-state index is 6.03. The number of rotatable bonds is 3. The molecule has 1 rings (SSSR count). The van der Waals surface area contributed by atoms with Gasteiger partial charge in [-0.05, 0) is 25.4 Å². The maximum atomic E-state index is 6.03. The Kier molecular flexibility index (Phi) is 3.73. The normalized spacial score (nSPS) is 14.6. The molecule has 4 heteroatoms. The van der Waals surface area contributed by atoms with Crippen molar-refractivity contribution in [1.82, 2.24) is 5.16 Å². The summed E-state index contributed by atoms with van der Waals surface area (Å²) >= 11 is 0. The van der Waals surface area contributed by atoms with Crippen molar-refractivity contribution in [3.63, 3.8) is 0 Å². The van der Waals surface area contributed by atoms with E-state index in [1.165, 1.54) is 0 Å². The summed E-state index contributed by atoms with van der Waals surface area (Å²) < 4.78 is 11.1. The highest BCUT2D eigenvalue weighted by molar-refractivity contribution is 6.48. The minimum atomic E-state index is -1.07. The van der Waals surface area contributed by atoms with Crippen molar-refractivity contribution < 1.29 is 8.95 Å². The molecule has 0 saturated carbocycles. The van der Waals surface area contributed by atoms with Crippen LogP contribution in [0.4, 0.5) is 0 Å². The minimum absolute atomic E-state index is 0.0432. The van der Waals surface area contributed by atoms with E-state index >= 15 is 0 Å². The maximum Gasteiger partial charge on any atom is 0.171 e. The van der Waals surface area contributed by atoms with Crippen LogP contribution in [-0.4, -0.2) is 14.2 Å². The third kappa shape index (κ3) is 3.46. The Balaban J connectivity index is 2.91.